The summed E-state index contributed by atoms with van der Waals surface area (Å²) in [5.74, 6) is 1.30. The average molecular weight is 259 g/mol. The Labute approximate surface area is 101 Å². The van der Waals surface area contributed by atoms with Crippen LogP contribution in [-0.4, -0.2) is 56.1 Å². The van der Waals surface area contributed by atoms with Crippen LogP contribution in [0, 0.1) is 0 Å². The first kappa shape index (κ1) is 13.7. The number of hydrogen-bond donors (Lipinski definition) is 2. The predicted octanol–water partition coefficient (Wildman–Crippen LogP) is -0.178. The summed E-state index contributed by atoms with van der Waals surface area (Å²) in [6, 6.07) is 1.71. The fourth-order valence-corrected chi connectivity index (χ4v) is 1.81. The van der Waals surface area contributed by atoms with Gasteiger partial charge in [-0.15, -0.1) is 0 Å². The van der Waals surface area contributed by atoms with Crippen LogP contribution in [0.25, 0.3) is 0 Å². The second-order valence-electron chi connectivity index (χ2n) is 3.56. The first-order chi connectivity index (χ1) is 7.95. The molecule has 0 aromatic carbocycles. The van der Waals surface area contributed by atoms with E-state index in [2.05, 4.69) is 20.6 Å². The lowest BCUT2D eigenvalue weighted by atomic mass is 10.5. The molecule has 0 radical (unpaired) electrons. The second kappa shape index (κ2) is 5.78. The highest BCUT2D eigenvalue weighted by Gasteiger charge is 2.12. The Morgan fingerprint density at radius 3 is 2.53 bits per heavy atom. The van der Waals surface area contributed by atoms with Gasteiger partial charge in [0.15, 0.2) is 0 Å². The molecule has 17 heavy (non-hydrogen) atoms. The van der Waals surface area contributed by atoms with Crippen LogP contribution in [0.3, 0.4) is 0 Å². The van der Waals surface area contributed by atoms with E-state index in [1.165, 1.54) is 24.7 Å². The van der Waals surface area contributed by atoms with E-state index >= 15 is 0 Å². The molecular weight excluding hydrogens is 242 g/mol. The van der Waals surface area contributed by atoms with Crippen LogP contribution in [0.4, 0.5) is 11.6 Å². The maximum Gasteiger partial charge on any atom is 0.215 e. The fourth-order valence-electron chi connectivity index (χ4n) is 1.08. The van der Waals surface area contributed by atoms with E-state index < -0.39 is 10.0 Å². The van der Waals surface area contributed by atoms with Crippen molar-refractivity contribution >= 4 is 21.7 Å². The summed E-state index contributed by atoms with van der Waals surface area (Å²) in [4.78, 5) is 7.94. The van der Waals surface area contributed by atoms with Crippen molar-refractivity contribution in [3.63, 3.8) is 0 Å². The summed E-state index contributed by atoms with van der Waals surface area (Å²) in [5.41, 5.74) is 0. The van der Waals surface area contributed by atoms with Crippen LogP contribution < -0.4 is 10.6 Å². The minimum atomic E-state index is -3.17. The van der Waals surface area contributed by atoms with Crippen LogP contribution in [-0.2, 0) is 10.0 Å². The standard InChI is InChI=1S/C9H17N5O2S/c1-10-8-6-9(13-7-12-8)11-4-5-17(15,16)14(2)3/h6-7H,4-5H2,1-3H3,(H2,10,11,12,13). The number of anilines is 2. The van der Waals surface area contributed by atoms with E-state index in [0.29, 0.717) is 18.2 Å². The van der Waals surface area contributed by atoms with Crippen LogP contribution in [0.15, 0.2) is 12.4 Å². The number of sulfonamides is 1. The van der Waals surface area contributed by atoms with Gasteiger partial charge in [0.05, 0.1) is 5.75 Å². The molecule has 1 aromatic rings. The highest BCUT2D eigenvalue weighted by Crippen LogP contribution is 2.07. The monoisotopic (exact) mass is 259 g/mol. The first-order valence-corrected chi connectivity index (χ1v) is 6.70. The first-order valence-electron chi connectivity index (χ1n) is 5.09. The van der Waals surface area contributed by atoms with Crippen molar-refractivity contribution in [3.05, 3.63) is 12.4 Å². The van der Waals surface area contributed by atoms with Gasteiger partial charge in [0.25, 0.3) is 0 Å². The molecule has 96 valence electrons. The highest BCUT2D eigenvalue weighted by molar-refractivity contribution is 7.89. The molecule has 1 aromatic heterocycles. The van der Waals surface area contributed by atoms with Crippen molar-refractivity contribution in [1.82, 2.24) is 14.3 Å². The van der Waals surface area contributed by atoms with Crippen LogP contribution in [0.2, 0.25) is 0 Å². The molecule has 0 aliphatic rings. The lowest BCUT2D eigenvalue weighted by Gasteiger charge is -2.11. The number of aromatic nitrogens is 2. The van der Waals surface area contributed by atoms with Gasteiger partial charge < -0.3 is 10.6 Å². The number of nitrogens with zero attached hydrogens (tertiary/aromatic N) is 3. The van der Waals surface area contributed by atoms with Crippen molar-refractivity contribution < 1.29 is 8.42 Å². The lowest BCUT2D eigenvalue weighted by Crippen LogP contribution is -2.28. The van der Waals surface area contributed by atoms with Crippen molar-refractivity contribution in [1.29, 1.82) is 0 Å². The smallest absolute Gasteiger partial charge is 0.215 e. The minimum absolute atomic E-state index is 0.0267. The van der Waals surface area contributed by atoms with Gasteiger partial charge in [-0.25, -0.2) is 22.7 Å². The van der Waals surface area contributed by atoms with Crippen molar-refractivity contribution in [2.75, 3.05) is 44.1 Å². The molecule has 0 aliphatic heterocycles. The molecule has 0 spiro atoms. The topological polar surface area (TPSA) is 87.2 Å². The minimum Gasteiger partial charge on any atom is -0.373 e. The molecular formula is C9H17N5O2S. The SMILES string of the molecule is CNc1cc(NCCS(=O)(=O)N(C)C)ncn1. The Bertz CT molecular complexity index is 460. The summed E-state index contributed by atoms with van der Waals surface area (Å²) in [6.45, 7) is 0.306. The largest absolute Gasteiger partial charge is 0.373 e. The fraction of sp³-hybridized carbons (Fsp3) is 0.556. The molecule has 0 unspecified atom stereocenters. The maximum atomic E-state index is 11.5. The molecule has 0 bridgehead atoms. The van der Waals surface area contributed by atoms with Crippen molar-refractivity contribution in [3.8, 4) is 0 Å². The molecule has 1 rings (SSSR count). The summed E-state index contributed by atoms with van der Waals surface area (Å²) < 4.78 is 24.2. The Kier molecular flexibility index (Phi) is 4.64. The Morgan fingerprint density at radius 2 is 1.94 bits per heavy atom. The second-order valence-corrected chi connectivity index (χ2v) is 5.87. The molecule has 0 amide bonds. The van der Waals surface area contributed by atoms with Crippen molar-refractivity contribution in [2.45, 2.75) is 0 Å². The van der Waals surface area contributed by atoms with E-state index in [1.54, 1.807) is 13.1 Å². The van der Waals surface area contributed by atoms with Crippen LogP contribution >= 0.6 is 0 Å². The van der Waals surface area contributed by atoms with E-state index in [-0.39, 0.29) is 5.75 Å². The van der Waals surface area contributed by atoms with Gasteiger partial charge >= 0.3 is 0 Å². The summed E-state index contributed by atoms with van der Waals surface area (Å²) in [7, 11) is 1.61. The average Bonchev–Trinajstić information content (AvgIpc) is 2.29. The van der Waals surface area contributed by atoms with Gasteiger partial charge in [-0.3, -0.25) is 0 Å². The third kappa shape index (κ3) is 4.16. The zero-order chi connectivity index (χ0) is 12.9. The number of hydrogen-bond acceptors (Lipinski definition) is 6. The van der Waals surface area contributed by atoms with E-state index in [4.69, 9.17) is 0 Å². The number of nitrogens with one attached hydrogen (secondary N) is 2. The Hall–Kier alpha value is -1.41. The maximum absolute atomic E-state index is 11.5. The molecule has 7 nitrogen and oxygen atoms in total. The van der Waals surface area contributed by atoms with Gasteiger partial charge in [0.2, 0.25) is 10.0 Å². The van der Waals surface area contributed by atoms with Gasteiger partial charge in [-0.05, 0) is 0 Å². The summed E-state index contributed by atoms with van der Waals surface area (Å²) in [6.07, 6.45) is 1.41. The molecule has 2 N–H and O–H groups in total. The van der Waals surface area contributed by atoms with Gasteiger partial charge in [-0.2, -0.15) is 0 Å². The Balaban J connectivity index is 2.51. The molecule has 0 saturated heterocycles. The molecule has 1 heterocycles. The molecule has 0 saturated carbocycles. The predicted molar refractivity (Wildman–Crippen MR) is 67.5 cm³/mol. The molecule has 0 aliphatic carbocycles. The summed E-state index contributed by atoms with van der Waals surface area (Å²) in [5, 5.41) is 5.81. The quantitative estimate of drug-likeness (QED) is 0.737. The third-order valence-corrected chi connectivity index (χ3v) is 3.98. The molecule has 8 heteroatoms. The van der Waals surface area contributed by atoms with Gasteiger partial charge in [0.1, 0.15) is 18.0 Å². The highest BCUT2D eigenvalue weighted by atomic mass is 32.2. The lowest BCUT2D eigenvalue weighted by molar-refractivity contribution is 0.521. The third-order valence-electron chi connectivity index (χ3n) is 2.15. The zero-order valence-electron chi connectivity index (χ0n) is 10.1. The van der Waals surface area contributed by atoms with Crippen molar-refractivity contribution in [2.24, 2.45) is 0 Å². The summed E-state index contributed by atoms with van der Waals surface area (Å²) >= 11 is 0. The van der Waals surface area contributed by atoms with Gasteiger partial charge in [0, 0.05) is 33.8 Å². The normalized spacial score (nSPS) is 11.5. The van der Waals surface area contributed by atoms with E-state index in [0.717, 1.165) is 0 Å². The number of rotatable bonds is 6. The van der Waals surface area contributed by atoms with E-state index in [1.807, 2.05) is 0 Å². The van der Waals surface area contributed by atoms with Gasteiger partial charge in [-0.1, -0.05) is 0 Å². The Morgan fingerprint density at radius 1 is 1.29 bits per heavy atom. The molecule has 0 atom stereocenters. The molecule has 0 fully saturated rings. The zero-order valence-corrected chi connectivity index (χ0v) is 11.0. The van der Waals surface area contributed by atoms with E-state index in [9.17, 15) is 8.42 Å². The van der Waals surface area contributed by atoms with Crippen LogP contribution in [0.5, 0.6) is 0 Å². The van der Waals surface area contributed by atoms with Crippen LogP contribution in [0.1, 0.15) is 0 Å².